The van der Waals surface area contributed by atoms with E-state index in [4.69, 9.17) is 9.84 Å². The van der Waals surface area contributed by atoms with Crippen LogP contribution in [-0.2, 0) is 14.4 Å². The molecule has 3 rings (SSSR count). The number of anilines is 2. The Balaban J connectivity index is 1.74. The summed E-state index contributed by atoms with van der Waals surface area (Å²) in [5, 5.41) is 13.8. The molecule has 0 radical (unpaired) electrons. The summed E-state index contributed by atoms with van der Waals surface area (Å²) in [6.07, 6.45) is -0.0447. The first-order chi connectivity index (χ1) is 13.2. The average molecular weight is 402 g/mol. The zero-order valence-electron chi connectivity index (χ0n) is 15.9. The third kappa shape index (κ3) is 4.17. The van der Waals surface area contributed by atoms with Gasteiger partial charge in [-0.25, -0.2) is 0 Å². The van der Waals surface area contributed by atoms with Gasteiger partial charge < -0.3 is 20.1 Å². The molecule has 0 spiro atoms. The lowest BCUT2D eigenvalue weighted by molar-refractivity contribution is -0.137. The number of aliphatic carboxylic acids is 1. The third-order valence-electron chi connectivity index (χ3n) is 4.59. The number of amides is 2. The van der Waals surface area contributed by atoms with Gasteiger partial charge >= 0.3 is 5.97 Å². The van der Waals surface area contributed by atoms with Crippen molar-refractivity contribution in [2.45, 2.75) is 38.2 Å². The molecule has 0 saturated heterocycles. The van der Waals surface area contributed by atoms with E-state index in [9.17, 15) is 14.4 Å². The molecule has 2 N–H and O–H groups in total. The highest BCUT2D eigenvalue weighted by Gasteiger charge is 2.39. The Hall–Kier alpha value is -2.87. The van der Waals surface area contributed by atoms with Crippen molar-refractivity contribution >= 4 is 40.5 Å². The summed E-state index contributed by atoms with van der Waals surface area (Å²) < 4.78 is 5.80. The van der Waals surface area contributed by atoms with Crippen LogP contribution in [0.3, 0.4) is 0 Å². The maximum absolute atomic E-state index is 12.5. The number of carboxylic acids is 1. The monoisotopic (exact) mass is 402 g/mol. The fourth-order valence-electron chi connectivity index (χ4n) is 3.23. The van der Waals surface area contributed by atoms with Gasteiger partial charge in [-0.2, -0.15) is 0 Å². The summed E-state index contributed by atoms with van der Waals surface area (Å²) in [7, 11) is 1.68. The maximum Gasteiger partial charge on any atom is 0.304 e. The molecule has 2 heterocycles. The minimum atomic E-state index is -0.990. The van der Waals surface area contributed by atoms with Crippen LogP contribution in [0.4, 0.5) is 11.4 Å². The van der Waals surface area contributed by atoms with E-state index in [1.165, 1.54) is 16.2 Å². The number of rotatable bonds is 6. The van der Waals surface area contributed by atoms with Crippen molar-refractivity contribution in [3.05, 3.63) is 40.6 Å². The zero-order chi connectivity index (χ0) is 20.5. The van der Waals surface area contributed by atoms with Crippen molar-refractivity contribution in [2.75, 3.05) is 17.3 Å². The van der Waals surface area contributed by atoms with Crippen molar-refractivity contribution in [2.24, 2.45) is 0 Å². The summed E-state index contributed by atoms with van der Waals surface area (Å²) >= 11 is 1.44. The summed E-state index contributed by atoms with van der Waals surface area (Å²) in [5.74, 6) is -1.24. The van der Waals surface area contributed by atoms with Gasteiger partial charge in [-0.05, 0) is 37.4 Å². The SMILES string of the molecule is CN1C(=O)C(C)(C)Oc2cc(NC(=O)CC(CC(=O)O)c3cccs3)ccc21. The minimum absolute atomic E-state index is 0.0641. The van der Waals surface area contributed by atoms with E-state index in [1.807, 2.05) is 17.5 Å². The molecule has 0 fully saturated rings. The number of ether oxygens (including phenoxy) is 1. The summed E-state index contributed by atoms with van der Waals surface area (Å²) in [4.78, 5) is 38.3. The van der Waals surface area contributed by atoms with E-state index in [2.05, 4.69) is 5.32 Å². The first-order valence-electron chi connectivity index (χ1n) is 8.83. The van der Waals surface area contributed by atoms with Crippen molar-refractivity contribution in [1.29, 1.82) is 0 Å². The van der Waals surface area contributed by atoms with Gasteiger partial charge in [0.2, 0.25) is 5.91 Å². The summed E-state index contributed by atoms with van der Waals surface area (Å²) in [6.45, 7) is 3.38. The van der Waals surface area contributed by atoms with Gasteiger partial charge in [0.1, 0.15) is 5.75 Å². The lowest BCUT2D eigenvalue weighted by atomic mass is 9.99. The quantitative estimate of drug-likeness (QED) is 0.771. The second kappa shape index (κ2) is 7.63. The van der Waals surface area contributed by atoms with Gasteiger partial charge in [0.15, 0.2) is 5.60 Å². The Morgan fingerprint density at radius 3 is 2.68 bits per heavy atom. The number of benzene rings is 1. The number of nitrogens with zero attached hydrogens (tertiary/aromatic N) is 1. The maximum atomic E-state index is 12.5. The van der Waals surface area contributed by atoms with Crippen LogP contribution in [0.2, 0.25) is 0 Å². The van der Waals surface area contributed by atoms with Crippen LogP contribution in [-0.4, -0.2) is 35.5 Å². The topological polar surface area (TPSA) is 95.9 Å². The molecule has 1 aliphatic rings. The molecule has 148 valence electrons. The van der Waals surface area contributed by atoms with Crippen molar-refractivity contribution in [3.8, 4) is 5.75 Å². The second-order valence-electron chi connectivity index (χ2n) is 7.22. The number of nitrogens with one attached hydrogen (secondary N) is 1. The Morgan fingerprint density at radius 2 is 2.04 bits per heavy atom. The van der Waals surface area contributed by atoms with E-state index < -0.39 is 11.6 Å². The smallest absolute Gasteiger partial charge is 0.304 e. The number of thiophene rings is 1. The number of hydrogen-bond acceptors (Lipinski definition) is 5. The highest BCUT2D eigenvalue weighted by atomic mass is 32.1. The summed E-state index contributed by atoms with van der Waals surface area (Å²) in [6, 6.07) is 8.77. The van der Waals surface area contributed by atoms with E-state index in [-0.39, 0.29) is 30.6 Å². The largest absolute Gasteiger partial charge is 0.481 e. The Bertz CT molecular complexity index is 907. The van der Waals surface area contributed by atoms with E-state index in [0.717, 1.165) is 4.88 Å². The molecule has 28 heavy (non-hydrogen) atoms. The molecular weight excluding hydrogens is 380 g/mol. The van der Waals surface area contributed by atoms with Gasteiger partial charge in [-0.15, -0.1) is 11.3 Å². The van der Waals surface area contributed by atoms with E-state index in [1.54, 1.807) is 39.1 Å². The highest BCUT2D eigenvalue weighted by Crippen LogP contribution is 2.38. The minimum Gasteiger partial charge on any atom is -0.481 e. The molecule has 8 heteroatoms. The molecule has 1 aliphatic heterocycles. The zero-order valence-corrected chi connectivity index (χ0v) is 16.7. The molecular formula is C20H22N2O5S. The van der Waals surface area contributed by atoms with Crippen LogP contribution < -0.4 is 15.0 Å². The molecule has 1 aromatic heterocycles. The molecule has 2 aromatic rings. The molecule has 0 aliphatic carbocycles. The van der Waals surface area contributed by atoms with Gasteiger partial charge in [0.05, 0.1) is 12.1 Å². The Labute approximate surface area is 166 Å². The molecule has 2 amide bonds. The Kier molecular flexibility index (Phi) is 5.42. The highest BCUT2D eigenvalue weighted by molar-refractivity contribution is 7.10. The number of fused-ring (bicyclic) bond motifs is 1. The summed E-state index contributed by atoms with van der Waals surface area (Å²) in [5.41, 5.74) is 0.170. The van der Waals surface area contributed by atoms with Crippen LogP contribution in [0.25, 0.3) is 0 Å². The number of carbonyl (C=O) groups excluding carboxylic acids is 2. The van der Waals surface area contributed by atoms with Crippen LogP contribution in [0.5, 0.6) is 5.75 Å². The molecule has 7 nitrogen and oxygen atoms in total. The van der Waals surface area contributed by atoms with Gasteiger partial charge in [-0.1, -0.05) is 6.07 Å². The van der Waals surface area contributed by atoms with Crippen LogP contribution in [0, 0.1) is 0 Å². The molecule has 0 saturated carbocycles. The molecule has 1 unspecified atom stereocenters. The molecule has 1 atom stereocenters. The van der Waals surface area contributed by atoms with Crippen LogP contribution in [0.15, 0.2) is 35.7 Å². The van der Waals surface area contributed by atoms with Gasteiger partial charge in [0, 0.05) is 36.0 Å². The second-order valence-corrected chi connectivity index (χ2v) is 8.20. The Morgan fingerprint density at radius 1 is 1.29 bits per heavy atom. The third-order valence-corrected chi connectivity index (χ3v) is 5.62. The lowest BCUT2D eigenvalue weighted by Gasteiger charge is -2.37. The van der Waals surface area contributed by atoms with E-state index >= 15 is 0 Å². The average Bonchev–Trinajstić information content (AvgIpc) is 3.13. The predicted octanol–water partition coefficient (Wildman–Crippen LogP) is 3.47. The van der Waals surface area contributed by atoms with Gasteiger partial charge in [0.25, 0.3) is 5.91 Å². The van der Waals surface area contributed by atoms with Crippen LogP contribution in [0.1, 0.15) is 37.5 Å². The van der Waals surface area contributed by atoms with Crippen molar-refractivity contribution in [1.82, 2.24) is 0 Å². The lowest BCUT2D eigenvalue weighted by Crippen LogP contribution is -2.50. The van der Waals surface area contributed by atoms with Crippen molar-refractivity contribution < 1.29 is 24.2 Å². The number of hydrogen-bond donors (Lipinski definition) is 2. The standard InChI is InChI=1S/C20H22N2O5S/c1-20(2)19(26)22(3)14-7-6-13(11-15(14)27-20)21-17(23)9-12(10-18(24)25)16-5-4-8-28-16/h4-8,11-12H,9-10H2,1-3H3,(H,21,23)(H,24,25). The van der Waals surface area contributed by atoms with Crippen molar-refractivity contribution in [3.63, 3.8) is 0 Å². The number of likely N-dealkylation sites (N-methyl/N-ethyl adjacent to an activating group) is 1. The normalized spacial score (nSPS) is 16.1. The number of carbonyl (C=O) groups is 3. The fraction of sp³-hybridized carbons (Fsp3) is 0.350. The first kappa shape index (κ1) is 19.9. The van der Waals surface area contributed by atoms with Gasteiger partial charge in [-0.3, -0.25) is 14.4 Å². The number of carboxylic acid groups (broad SMARTS) is 1. The van der Waals surface area contributed by atoms with E-state index in [0.29, 0.717) is 17.1 Å². The fourth-order valence-corrected chi connectivity index (χ4v) is 4.06. The molecule has 0 bridgehead atoms. The first-order valence-corrected chi connectivity index (χ1v) is 9.71. The molecule has 1 aromatic carbocycles. The predicted molar refractivity (Wildman–Crippen MR) is 107 cm³/mol. The van der Waals surface area contributed by atoms with Crippen LogP contribution >= 0.6 is 11.3 Å².